The molecule has 1 aliphatic carbocycles. The highest BCUT2D eigenvalue weighted by molar-refractivity contribution is 7.11. The molecule has 120 valence electrons. The smallest absolute Gasteiger partial charge is 0.125 e. The number of aromatic nitrogens is 1. The van der Waals surface area contributed by atoms with Gasteiger partial charge in [0.05, 0.1) is 5.69 Å². The first-order chi connectivity index (χ1) is 10.0. The van der Waals surface area contributed by atoms with Crippen LogP contribution < -0.4 is 5.73 Å². The summed E-state index contributed by atoms with van der Waals surface area (Å²) in [6.07, 6.45) is 5.76. The van der Waals surface area contributed by atoms with Crippen LogP contribution in [0, 0.1) is 11.8 Å². The Hall–Kier alpha value is -0.450. The molecule has 2 rings (SSSR count). The summed E-state index contributed by atoms with van der Waals surface area (Å²) in [5.74, 6) is 1.32. The van der Waals surface area contributed by atoms with Crippen LogP contribution in [0.25, 0.3) is 0 Å². The molecule has 4 heteroatoms. The van der Waals surface area contributed by atoms with E-state index >= 15 is 0 Å². The monoisotopic (exact) mass is 310 g/mol. The lowest BCUT2D eigenvalue weighted by Gasteiger charge is -2.38. The molecule has 1 saturated carbocycles. The predicted octanol–water partition coefficient (Wildman–Crippen LogP) is 4.24. The van der Waals surface area contributed by atoms with Gasteiger partial charge in [-0.25, -0.2) is 4.98 Å². The molecule has 0 bridgehead atoms. The Labute approximate surface area is 133 Å². The van der Waals surface area contributed by atoms with Crippen molar-refractivity contribution in [2.75, 3.05) is 6.61 Å². The first-order valence-electron chi connectivity index (χ1n) is 8.33. The van der Waals surface area contributed by atoms with Crippen molar-refractivity contribution in [2.45, 2.75) is 71.9 Å². The summed E-state index contributed by atoms with van der Waals surface area (Å²) in [6.45, 7) is 10.2. The molecule has 1 fully saturated rings. The maximum atomic E-state index is 6.25. The van der Waals surface area contributed by atoms with E-state index in [0.29, 0.717) is 18.4 Å². The Kier molecular flexibility index (Phi) is 5.81. The van der Waals surface area contributed by atoms with Crippen molar-refractivity contribution in [3.63, 3.8) is 0 Å². The summed E-state index contributed by atoms with van der Waals surface area (Å²) in [7, 11) is 0. The van der Waals surface area contributed by atoms with Crippen LogP contribution in [0.5, 0.6) is 0 Å². The first kappa shape index (κ1) is 16.9. The molecule has 2 atom stereocenters. The van der Waals surface area contributed by atoms with Gasteiger partial charge in [0.25, 0.3) is 0 Å². The second kappa shape index (κ2) is 7.21. The number of nitrogens with two attached hydrogens (primary N) is 1. The summed E-state index contributed by atoms with van der Waals surface area (Å²) in [4.78, 5) is 6.23. The summed E-state index contributed by atoms with van der Waals surface area (Å²) >= 11 is 1.79. The minimum atomic E-state index is -0.157. The fourth-order valence-corrected chi connectivity index (χ4v) is 4.60. The standard InChI is InChI=1S/C17H30N2OS/c1-5-20-17(8-6-7-13(4)10-17)16-19-14(9-12(2)3)15(11-18)21-16/h12-13H,5-11,18H2,1-4H3. The molecule has 21 heavy (non-hydrogen) atoms. The molecule has 2 unspecified atom stereocenters. The summed E-state index contributed by atoms with van der Waals surface area (Å²) in [6, 6.07) is 0. The molecule has 2 N–H and O–H groups in total. The normalized spacial score (nSPS) is 26.5. The predicted molar refractivity (Wildman–Crippen MR) is 89.5 cm³/mol. The second-order valence-electron chi connectivity index (χ2n) is 6.82. The molecule has 0 aromatic carbocycles. The topological polar surface area (TPSA) is 48.1 Å². The molecule has 1 aromatic rings. The summed E-state index contributed by atoms with van der Waals surface area (Å²) in [5.41, 5.74) is 6.99. The number of hydrogen-bond acceptors (Lipinski definition) is 4. The van der Waals surface area contributed by atoms with E-state index in [1.165, 1.54) is 28.4 Å². The molecule has 0 amide bonds. The Bertz CT molecular complexity index is 454. The second-order valence-corrected chi connectivity index (χ2v) is 7.90. The van der Waals surface area contributed by atoms with Gasteiger partial charge >= 0.3 is 0 Å². The quantitative estimate of drug-likeness (QED) is 0.855. The number of nitrogens with zero attached hydrogens (tertiary/aromatic N) is 1. The van der Waals surface area contributed by atoms with Gasteiger partial charge < -0.3 is 10.5 Å². The molecular weight excluding hydrogens is 280 g/mol. The van der Waals surface area contributed by atoms with Crippen molar-refractivity contribution in [3.05, 3.63) is 15.6 Å². The lowest BCUT2D eigenvalue weighted by molar-refractivity contribution is -0.0821. The third kappa shape index (κ3) is 3.85. The van der Waals surface area contributed by atoms with Crippen LogP contribution in [0.1, 0.15) is 69.0 Å². The van der Waals surface area contributed by atoms with E-state index in [1.54, 1.807) is 11.3 Å². The van der Waals surface area contributed by atoms with Gasteiger partial charge in [0.15, 0.2) is 0 Å². The van der Waals surface area contributed by atoms with E-state index < -0.39 is 0 Å². The molecular formula is C17H30N2OS. The average Bonchev–Trinajstić information content (AvgIpc) is 2.82. The fourth-order valence-electron chi connectivity index (χ4n) is 3.45. The lowest BCUT2D eigenvalue weighted by atomic mass is 9.79. The Morgan fingerprint density at radius 1 is 1.48 bits per heavy atom. The van der Waals surface area contributed by atoms with Crippen molar-refractivity contribution in [1.29, 1.82) is 0 Å². The van der Waals surface area contributed by atoms with Crippen molar-refractivity contribution in [1.82, 2.24) is 4.98 Å². The summed E-state index contributed by atoms with van der Waals surface area (Å²) in [5, 5.41) is 1.17. The van der Waals surface area contributed by atoms with E-state index in [-0.39, 0.29) is 5.60 Å². The minimum absolute atomic E-state index is 0.157. The molecule has 1 aromatic heterocycles. The van der Waals surface area contributed by atoms with Crippen LogP contribution in [0.2, 0.25) is 0 Å². The van der Waals surface area contributed by atoms with E-state index in [0.717, 1.165) is 25.9 Å². The van der Waals surface area contributed by atoms with Crippen molar-refractivity contribution in [3.8, 4) is 0 Å². The molecule has 0 aliphatic heterocycles. The summed E-state index contributed by atoms with van der Waals surface area (Å²) < 4.78 is 6.25. The zero-order chi connectivity index (χ0) is 15.5. The Morgan fingerprint density at radius 2 is 2.24 bits per heavy atom. The van der Waals surface area contributed by atoms with Crippen LogP contribution in [0.3, 0.4) is 0 Å². The van der Waals surface area contributed by atoms with Crippen molar-refractivity contribution < 1.29 is 4.74 Å². The van der Waals surface area contributed by atoms with Gasteiger partial charge in [0.2, 0.25) is 0 Å². The first-order valence-corrected chi connectivity index (χ1v) is 9.15. The third-order valence-electron chi connectivity index (χ3n) is 4.33. The van der Waals surface area contributed by atoms with Crippen LogP contribution in [0.15, 0.2) is 0 Å². The van der Waals surface area contributed by atoms with Crippen LogP contribution in [-0.4, -0.2) is 11.6 Å². The molecule has 3 nitrogen and oxygen atoms in total. The largest absolute Gasteiger partial charge is 0.368 e. The average molecular weight is 311 g/mol. The van der Waals surface area contributed by atoms with Gasteiger partial charge in [0, 0.05) is 18.0 Å². The van der Waals surface area contributed by atoms with Gasteiger partial charge in [-0.3, -0.25) is 0 Å². The molecule has 0 radical (unpaired) electrons. The number of thiazole rings is 1. The zero-order valence-electron chi connectivity index (χ0n) is 13.9. The number of rotatable bonds is 6. The van der Waals surface area contributed by atoms with Gasteiger partial charge in [0.1, 0.15) is 10.6 Å². The molecule has 0 saturated heterocycles. The highest BCUT2D eigenvalue weighted by Gasteiger charge is 2.40. The lowest BCUT2D eigenvalue weighted by Crippen LogP contribution is -2.35. The SMILES string of the molecule is CCOC1(c2nc(CC(C)C)c(CN)s2)CCCC(C)C1. The van der Waals surface area contributed by atoms with Gasteiger partial charge in [-0.1, -0.05) is 27.2 Å². The highest BCUT2D eigenvalue weighted by Crippen LogP contribution is 2.45. The van der Waals surface area contributed by atoms with E-state index in [2.05, 4.69) is 27.7 Å². The maximum Gasteiger partial charge on any atom is 0.125 e. The van der Waals surface area contributed by atoms with Gasteiger partial charge in [-0.2, -0.15) is 0 Å². The van der Waals surface area contributed by atoms with Crippen LogP contribution in [0.4, 0.5) is 0 Å². The van der Waals surface area contributed by atoms with Crippen molar-refractivity contribution in [2.24, 2.45) is 17.6 Å². The van der Waals surface area contributed by atoms with E-state index in [1.807, 2.05) is 0 Å². The Balaban J connectivity index is 2.33. The highest BCUT2D eigenvalue weighted by atomic mass is 32.1. The van der Waals surface area contributed by atoms with Crippen molar-refractivity contribution >= 4 is 11.3 Å². The maximum absolute atomic E-state index is 6.25. The third-order valence-corrected chi connectivity index (χ3v) is 5.64. The van der Waals surface area contributed by atoms with E-state index in [4.69, 9.17) is 15.5 Å². The van der Waals surface area contributed by atoms with Gasteiger partial charge in [-0.05, 0) is 44.4 Å². The fraction of sp³-hybridized carbons (Fsp3) is 0.824. The zero-order valence-corrected chi connectivity index (χ0v) is 14.8. The molecule has 1 heterocycles. The van der Waals surface area contributed by atoms with E-state index in [9.17, 15) is 0 Å². The number of hydrogen-bond donors (Lipinski definition) is 1. The van der Waals surface area contributed by atoms with Gasteiger partial charge in [-0.15, -0.1) is 11.3 Å². The Morgan fingerprint density at radius 3 is 2.81 bits per heavy atom. The van der Waals surface area contributed by atoms with Crippen LogP contribution in [-0.2, 0) is 23.3 Å². The molecule has 1 aliphatic rings. The number of ether oxygens (including phenoxy) is 1. The molecule has 0 spiro atoms. The minimum Gasteiger partial charge on any atom is -0.368 e. The van der Waals surface area contributed by atoms with Crippen LogP contribution >= 0.6 is 11.3 Å².